The number of ketones is 1. The van der Waals surface area contributed by atoms with Gasteiger partial charge in [0, 0.05) is 11.1 Å². The van der Waals surface area contributed by atoms with Crippen molar-refractivity contribution in [3.63, 3.8) is 0 Å². The Morgan fingerprint density at radius 3 is 2.29 bits per heavy atom. The van der Waals surface area contributed by atoms with Crippen LogP contribution in [0.1, 0.15) is 21.6 Å². The molecule has 0 unspecified atom stereocenters. The third-order valence-electron chi connectivity index (χ3n) is 3.60. The van der Waals surface area contributed by atoms with Crippen LogP contribution in [0, 0.1) is 0 Å². The number of nitrogens with zero attached hydrogens (tertiary/aromatic N) is 2. The minimum atomic E-state index is -0.215. The molecule has 4 rings (SSSR count). The summed E-state index contributed by atoms with van der Waals surface area (Å²) in [5.41, 5.74) is 3.11. The average molecular weight is 274 g/mol. The van der Waals surface area contributed by atoms with Crippen molar-refractivity contribution in [2.75, 3.05) is 0 Å². The number of hydrogen-bond acceptors (Lipinski definition) is 4. The molecule has 0 radical (unpaired) electrons. The number of carbonyl (C=O) groups is 1. The summed E-state index contributed by atoms with van der Waals surface area (Å²) in [5, 5.41) is 10.3. The highest BCUT2D eigenvalue weighted by molar-refractivity contribution is 6.38. The normalized spacial score (nSPS) is 13.8. The molecular formula is C17H10N2O2. The molecule has 0 fully saturated rings. The van der Waals surface area contributed by atoms with Gasteiger partial charge in [0.15, 0.2) is 5.78 Å². The van der Waals surface area contributed by atoms with Gasteiger partial charge in [0.05, 0.1) is 28.5 Å². The fourth-order valence-corrected chi connectivity index (χ4v) is 2.58. The second-order valence-corrected chi connectivity index (χ2v) is 4.84. The maximum absolute atomic E-state index is 12.5. The number of rotatable bonds is 1. The van der Waals surface area contributed by atoms with Crippen LogP contribution in [0.2, 0.25) is 0 Å². The van der Waals surface area contributed by atoms with Crippen molar-refractivity contribution < 1.29 is 9.90 Å². The molecule has 100 valence electrons. The predicted octanol–water partition coefficient (Wildman–Crippen LogP) is 3.25. The monoisotopic (exact) mass is 274 g/mol. The summed E-state index contributed by atoms with van der Waals surface area (Å²) in [6.07, 6.45) is 1.53. The minimum absolute atomic E-state index is 0.0276. The molecule has 21 heavy (non-hydrogen) atoms. The van der Waals surface area contributed by atoms with E-state index in [0.29, 0.717) is 22.3 Å². The molecule has 1 aliphatic rings. The lowest BCUT2D eigenvalue weighted by atomic mass is 10.1. The number of benzene rings is 2. The fraction of sp³-hybridized carbons (Fsp3) is 0. The molecule has 0 saturated heterocycles. The van der Waals surface area contributed by atoms with E-state index in [4.69, 9.17) is 0 Å². The Morgan fingerprint density at radius 2 is 1.52 bits per heavy atom. The number of allylic oxidation sites excluding steroid dienone is 1. The van der Waals surface area contributed by atoms with Crippen LogP contribution in [0.25, 0.3) is 22.4 Å². The van der Waals surface area contributed by atoms with E-state index in [1.165, 1.54) is 6.20 Å². The molecule has 2 aromatic carbocycles. The van der Waals surface area contributed by atoms with Crippen molar-refractivity contribution in [3.8, 4) is 0 Å². The van der Waals surface area contributed by atoms with Crippen molar-refractivity contribution in [2.45, 2.75) is 0 Å². The van der Waals surface area contributed by atoms with E-state index in [0.717, 1.165) is 5.52 Å². The highest BCUT2D eigenvalue weighted by Crippen LogP contribution is 2.35. The van der Waals surface area contributed by atoms with Gasteiger partial charge < -0.3 is 5.11 Å². The largest absolute Gasteiger partial charge is 0.506 e. The van der Waals surface area contributed by atoms with Gasteiger partial charge in [0.25, 0.3) is 0 Å². The molecule has 1 N–H and O–H groups in total. The van der Waals surface area contributed by atoms with Gasteiger partial charge in [-0.05, 0) is 12.1 Å². The topological polar surface area (TPSA) is 63.1 Å². The molecule has 0 aliphatic heterocycles. The Morgan fingerprint density at radius 1 is 0.857 bits per heavy atom. The van der Waals surface area contributed by atoms with Gasteiger partial charge in [0.1, 0.15) is 5.76 Å². The number of aliphatic hydroxyl groups is 1. The van der Waals surface area contributed by atoms with Crippen LogP contribution in [0.3, 0.4) is 0 Å². The summed E-state index contributed by atoms with van der Waals surface area (Å²) >= 11 is 0. The van der Waals surface area contributed by atoms with Crippen molar-refractivity contribution in [3.05, 3.63) is 71.5 Å². The number of aromatic nitrogens is 2. The zero-order valence-corrected chi connectivity index (χ0v) is 10.9. The summed E-state index contributed by atoms with van der Waals surface area (Å²) in [4.78, 5) is 21.2. The second kappa shape index (κ2) is 4.24. The van der Waals surface area contributed by atoms with Gasteiger partial charge in [-0.15, -0.1) is 0 Å². The van der Waals surface area contributed by atoms with Crippen molar-refractivity contribution in [1.82, 2.24) is 9.97 Å². The first-order valence-corrected chi connectivity index (χ1v) is 6.55. The molecule has 1 heterocycles. The highest BCUT2D eigenvalue weighted by Gasteiger charge is 2.31. The Hall–Kier alpha value is -3.01. The SMILES string of the molecule is O=C1C(c2cnc3ccccc3n2)=C(O)c2ccccc21. The number of hydrogen-bond donors (Lipinski definition) is 1. The lowest BCUT2D eigenvalue weighted by Gasteiger charge is -2.03. The Labute approximate surface area is 120 Å². The molecule has 1 aliphatic carbocycles. The summed E-state index contributed by atoms with van der Waals surface area (Å²) in [5.74, 6) is -0.243. The van der Waals surface area contributed by atoms with Crippen LogP contribution in [-0.4, -0.2) is 20.9 Å². The first-order valence-electron chi connectivity index (χ1n) is 6.55. The fourth-order valence-electron chi connectivity index (χ4n) is 2.58. The number of para-hydroxylation sites is 2. The number of carbonyl (C=O) groups excluding carboxylic acids is 1. The number of fused-ring (bicyclic) bond motifs is 2. The minimum Gasteiger partial charge on any atom is -0.506 e. The van der Waals surface area contributed by atoms with E-state index >= 15 is 0 Å². The van der Waals surface area contributed by atoms with E-state index in [2.05, 4.69) is 9.97 Å². The third kappa shape index (κ3) is 1.66. The summed E-state index contributed by atoms with van der Waals surface area (Å²) < 4.78 is 0. The summed E-state index contributed by atoms with van der Waals surface area (Å²) in [6, 6.07) is 14.4. The van der Waals surface area contributed by atoms with Gasteiger partial charge >= 0.3 is 0 Å². The van der Waals surface area contributed by atoms with E-state index in [9.17, 15) is 9.90 Å². The molecule has 0 saturated carbocycles. The van der Waals surface area contributed by atoms with Gasteiger partial charge in [-0.25, -0.2) is 4.98 Å². The maximum Gasteiger partial charge on any atom is 0.199 e. The zero-order valence-electron chi connectivity index (χ0n) is 10.9. The van der Waals surface area contributed by atoms with Crippen LogP contribution in [-0.2, 0) is 0 Å². The molecule has 4 nitrogen and oxygen atoms in total. The number of aliphatic hydroxyl groups excluding tert-OH is 1. The van der Waals surface area contributed by atoms with E-state index < -0.39 is 0 Å². The Kier molecular flexibility index (Phi) is 2.38. The quantitative estimate of drug-likeness (QED) is 0.739. The Balaban J connectivity index is 1.93. The van der Waals surface area contributed by atoms with Gasteiger partial charge in [-0.1, -0.05) is 36.4 Å². The molecule has 0 spiro atoms. The molecular weight excluding hydrogens is 264 g/mol. The van der Waals surface area contributed by atoms with E-state index in [-0.39, 0.29) is 17.1 Å². The van der Waals surface area contributed by atoms with Gasteiger partial charge in [-0.2, -0.15) is 0 Å². The van der Waals surface area contributed by atoms with Crippen LogP contribution >= 0.6 is 0 Å². The third-order valence-corrected chi connectivity index (χ3v) is 3.60. The maximum atomic E-state index is 12.5. The van der Waals surface area contributed by atoms with Gasteiger partial charge in [0.2, 0.25) is 0 Å². The van der Waals surface area contributed by atoms with Crippen LogP contribution in [0.15, 0.2) is 54.7 Å². The molecule has 1 aromatic heterocycles. The standard InChI is InChI=1S/C17H10N2O2/c20-16-10-5-1-2-6-11(10)17(21)15(16)14-9-18-12-7-3-4-8-13(12)19-14/h1-9,20H. The van der Waals surface area contributed by atoms with Crippen molar-refractivity contribution in [2.24, 2.45) is 0 Å². The first kappa shape index (κ1) is 11.8. The van der Waals surface area contributed by atoms with Crippen LogP contribution in [0.5, 0.6) is 0 Å². The van der Waals surface area contributed by atoms with Crippen molar-refractivity contribution >= 4 is 28.1 Å². The Bertz CT molecular complexity index is 929. The lowest BCUT2D eigenvalue weighted by molar-refractivity contribution is 0.105. The van der Waals surface area contributed by atoms with Gasteiger partial charge in [-0.3, -0.25) is 9.78 Å². The highest BCUT2D eigenvalue weighted by atomic mass is 16.3. The van der Waals surface area contributed by atoms with Crippen LogP contribution < -0.4 is 0 Å². The van der Waals surface area contributed by atoms with E-state index in [1.54, 1.807) is 24.3 Å². The first-order chi connectivity index (χ1) is 10.3. The molecule has 0 amide bonds. The molecule has 0 bridgehead atoms. The predicted molar refractivity (Wildman–Crippen MR) is 79.8 cm³/mol. The molecule has 4 heteroatoms. The number of Topliss-reactive ketones (excluding diaryl/α,β-unsaturated/α-hetero) is 1. The average Bonchev–Trinajstić information content (AvgIpc) is 2.79. The molecule has 0 atom stereocenters. The second-order valence-electron chi connectivity index (χ2n) is 4.84. The van der Waals surface area contributed by atoms with E-state index in [1.807, 2.05) is 24.3 Å². The lowest BCUT2D eigenvalue weighted by Crippen LogP contribution is -2.01. The summed E-state index contributed by atoms with van der Waals surface area (Å²) in [7, 11) is 0. The smallest absolute Gasteiger partial charge is 0.199 e. The van der Waals surface area contributed by atoms with Crippen LogP contribution in [0.4, 0.5) is 0 Å². The zero-order chi connectivity index (χ0) is 14.4. The summed E-state index contributed by atoms with van der Waals surface area (Å²) in [6.45, 7) is 0. The molecule has 3 aromatic rings. The van der Waals surface area contributed by atoms with Crippen molar-refractivity contribution in [1.29, 1.82) is 0 Å².